The van der Waals surface area contributed by atoms with Gasteiger partial charge >= 0.3 is 0 Å². The molecule has 0 bridgehead atoms. The topological polar surface area (TPSA) is 35.2 Å². The molecular weight excluding hydrogens is 114 g/mol. The van der Waals surface area contributed by atoms with Crippen molar-refractivity contribution in [2.45, 2.75) is 38.3 Å². The lowest BCUT2D eigenvalue weighted by Crippen LogP contribution is -2.34. The summed E-state index contributed by atoms with van der Waals surface area (Å²) < 4.78 is 5.41. The smallest absolute Gasteiger partial charge is 0.0621 e. The van der Waals surface area contributed by atoms with Crippen molar-refractivity contribution in [3.8, 4) is 0 Å². The van der Waals surface area contributed by atoms with E-state index >= 15 is 0 Å². The first-order valence-corrected chi connectivity index (χ1v) is 3.70. The number of rotatable bonds is 1. The highest BCUT2D eigenvalue weighted by Crippen LogP contribution is 2.13. The summed E-state index contributed by atoms with van der Waals surface area (Å²) >= 11 is 0. The second-order valence-corrected chi connectivity index (χ2v) is 2.70. The molecular formula is C7H15NO. The van der Waals surface area contributed by atoms with Gasteiger partial charge in [0.05, 0.1) is 12.7 Å². The fraction of sp³-hybridized carbons (Fsp3) is 1.00. The van der Waals surface area contributed by atoms with E-state index in [0.29, 0.717) is 12.1 Å². The molecule has 1 fully saturated rings. The van der Waals surface area contributed by atoms with E-state index in [1.54, 1.807) is 0 Å². The van der Waals surface area contributed by atoms with Gasteiger partial charge in [-0.2, -0.15) is 0 Å². The molecule has 1 saturated heterocycles. The van der Waals surface area contributed by atoms with Gasteiger partial charge in [-0.3, -0.25) is 0 Å². The predicted octanol–water partition coefficient (Wildman–Crippen LogP) is 0.903. The van der Waals surface area contributed by atoms with Crippen molar-refractivity contribution >= 4 is 0 Å². The van der Waals surface area contributed by atoms with Gasteiger partial charge in [-0.05, 0) is 19.3 Å². The van der Waals surface area contributed by atoms with Crippen LogP contribution in [0.3, 0.4) is 0 Å². The number of ether oxygens (including phenoxy) is 1. The third-order valence-electron chi connectivity index (χ3n) is 1.86. The maximum Gasteiger partial charge on any atom is 0.0621 e. The SMILES string of the molecule is CC[C@@H]1CC[C@H](N)CO1. The van der Waals surface area contributed by atoms with Crippen LogP contribution < -0.4 is 5.73 Å². The third kappa shape index (κ3) is 1.95. The average molecular weight is 129 g/mol. The lowest BCUT2D eigenvalue weighted by molar-refractivity contribution is 0.00372. The minimum absolute atomic E-state index is 0.299. The summed E-state index contributed by atoms with van der Waals surface area (Å²) in [5, 5.41) is 0. The van der Waals surface area contributed by atoms with Gasteiger partial charge < -0.3 is 10.5 Å². The van der Waals surface area contributed by atoms with E-state index in [0.717, 1.165) is 25.9 Å². The van der Waals surface area contributed by atoms with E-state index < -0.39 is 0 Å². The molecule has 2 atom stereocenters. The Bertz CT molecular complexity index is 77.0. The van der Waals surface area contributed by atoms with Crippen LogP contribution in [0.25, 0.3) is 0 Å². The second kappa shape index (κ2) is 3.18. The molecule has 0 unspecified atom stereocenters. The van der Waals surface area contributed by atoms with Gasteiger partial charge in [0.2, 0.25) is 0 Å². The Morgan fingerprint density at radius 1 is 1.56 bits per heavy atom. The van der Waals surface area contributed by atoms with Crippen molar-refractivity contribution in [1.82, 2.24) is 0 Å². The molecule has 2 heteroatoms. The lowest BCUT2D eigenvalue weighted by atomic mass is 10.0. The summed E-state index contributed by atoms with van der Waals surface area (Å²) in [5.41, 5.74) is 5.63. The van der Waals surface area contributed by atoms with Gasteiger partial charge in [0, 0.05) is 6.04 Å². The van der Waals surface area contributed by atoms with Crippen LogP contribution in [-0.2, 0) is 4.74 Å². The molecule has 1 heterocycles. The molecule has 0 aromatic carbocycles. The monoisotopic (exact) mass is 129 g/mol. The molecule has 2 N–H and O–H groups in total. The quantitative estimate of drug-likeness (QED) is 0.571. The lowest BCUT2D eigenvalue weighted by Gasteiger charge is -2.25. The third-order valence-corrected chi connectivity index (χ3v) is 1.86. The highest BCUT2D eigenvalue weighted by atomic mass is 16.5. The molecule has 1 aliphatic heterocycles. The molecule has 0 spiro atoms. The first-order chi connectivity index (χ1) is 4.33. The zero-order valence-corrected chi connectivity index (χ0v) is 5.97. The van der Waals surface area contributed by atoms with E-state index in [-0.39, 0.29) is 0 Å². The van der Waals surface area contributed by atoms with Crippen molar-refractivity contribution in [2.24, 2.45) is 5.73 Å². The maximum atomic E-state index is 5.63. The fourth-order valence-electron chi connectivity index (χ4n) is 1.15. The second-order valence-electron chi connectivity index (χ2n) is 2.70. The summed E-state index contributed by atoms with van der Waals surface area (Å²) in [7, 11) is 0. The zero-order chi connectivity index (χ0) is 6.69. The van der Waals surface area contributed by atoms with Gasteiger partial charge in [-0.25, -0.2) is 0 Å². The van der Waals surface area contributed by atoms with Crippen LogP contribution in [0.4, 0.5) is 0 Å². The molecule has 0 aliphatic carbocycles. The van der Waals surface area contributed by atoms with Crippen molar-refractivity contribution in [1.29, 1.82) is 0 Å². The maximum absolute atomic E-state index is 5.63. The van der Waals surface area contributed by atoms with E-state index in [1.807, 2.05) is 0 Å². The van der Waals surface area contributed by atoms with Crippen LogP contribution in [0.15, 0.2) is 0 Å². The fourth-order valence-corrected chi connectivity index (χ4v) is 1.15. The van der Waals surface area contributed by atoms with Crippen LogP contribution in [0.1, 0.15) is 26.2 Å². The standard InChI is InChI=1S/C7H15NO/c1-2-7-4-3-6(8)5-9-7/h6-7H,2-5,8H2,1H3/t6-,7+/m0/s1. The highest BCUT2D eigenvalue weighted by Gasteiger charge is 2.16. The molecule has 2 nitrogen and oxygen atoms in total. The summed E-state index contributed by atoms with van der Waals surface area (Å²) in [6, 6.07) is 0.299. The van der Waals surface area contributed by atoms with Crippen molar-refractivity contribution in [3.05, 3.63) is 0 Å². The first kappa shape index (κ1) is 7.03. The van der Waals surface area contributed by atoms with Gasteiger partial charge in [0.1, 0.15) is 0 Å². The van der Waals surface area contributed by atoms with E-state index in [1.165, 1.54) is 0 Å². The molecule has 1 rings (SSSR count). The summed E-state index contributed by atoms with van der Waals surface area (Å²) in [5.74, 6) is 0. The molecule has 0 aromatic rings. The van der Waals surface area contributed by atoms with Crippen molar-refractivity contribution < 1.29 is 4.74 Å². The number of hydrogen-bond donors (Lipinski definition) is 1. The van der Waals surface area contributed by atoms with Gasteiger partial charge in [0.15, 0.2) is 0 Å². The predicted molar refractivity (Wildman–Crippen MR) is 37.2 cm³/mol. The first-order valence-electron chi connectivity index (χ1n) is 3.70. The summed E-state index contributed by atoms with van der Waals surface area (Å²) in [4.78, 5) is 0. The van der Waals surface area contributed by atoms with Gasteiger partial charge in [0.25, 0.3) is 0 Å². The van der Waals surface area contributed by atoms with E-state index in [9.17, 15) is 0 Å². The molecule has 0 radical (unpaired) electrons. The molecule has 1 aliphatic rings. The van der Waals surface area contributed by atoms with Gasteiger partial charge in [-0.15, -0.1) is 0 Å². The minimum Gasteiger partial charge on any atom is -0.377 e. The van der Waals surface area contributed by atoms with Crippen LogP contribution >= 0.6 is 0 Å². The largest absolute Gasteiger partial charge is 0.377 e. The molecule has 0 amide bonds. The minimum atomic E-state index is 0.299. The van der Waals surface area contributed by atoms with Crippen molar-refractivity contribution in [2.75, 3.05) is 6.61 Å². The Balaban J connectivity index is 2.18. The Labute approximate surface area is 56.4 Å². The van der Waals surface area contributed by atoms with Crippen LogP contribution in [0.2, 0.25) is 0 Å². The van der Waals surface area contributed by atoms with Crippen LogP contribution in [-0.4, -0.2) is 18.8 Å². The Hall–Kier alpha value is -0.0800. The van der Waals surface area contributed by atoms with Gasteiger partial charge in [-0.1, -0.05) is 6.92 Å². The zero-order valence-electron chi connectivity index (χ0n) is 5.97. The highest BCUT2D eigenvalue weighted by molar-refractivity contribution is 4.70. The Kier molecular flexibility index (Phi) is 2.49. The summed E-state index contributed by atoms with van der Waals surface area (Å²) in [6.07, 6.45) is 3.91. The molecule has 54 valence electrons. The van der Waals surface area contributed by atoms with Crippen LogP contribution in [0, 0.1) is 0 Å². The van der Waals surface area contributed by atoms with Crippen molar-refractivity contribution in [3.63, 3.8) is 0 Å². The Morgan fingerprint density at radius 3 is 2.78 bits per heavy atom. The molecule has 0 saturated carbocycles. The number of hydrogen-bond acceptors (Lipinski definition) is 2. The molecule has 0 aromatic heterocycles. The van der Waals surface area contributed by atoms with E-state index in [2.05, 4.69) is 6.92 Å². The van der Waals surface area contributed by atoms with E-state index in [4.69, 9.17) is 10.5 Å². The molecule has 9 heavy (non-hydrogen) atoms. The Morgan fingerprint density at radius 2 is 2.33 bits per heavy atom. The van der Waals surface area contributed by atoms with Crippen LogP contribution in [0.5, 0.6) is 0 Å². The summed E-state index contributed by atoms with van der Waals surface area (Å²) in [6.45, 7) is 2.92. The normalized spacial score (nSPS) is 36.7. The average Bonchev–Trinajstić information content (AvgIpc) is 1.90. The number of nitrogens with two attached hydrogens (primary N) is 1.